The molecule has 0 bridgehead atoms. The summed E-state index contributed by atoms with van der Waals surface area (Å²) in [6.45, 7) is 4.05. The van der Waals surface area contributed by atoms with Crippen LogP contribution in [0.4, 0.5) is 11.5 Å². The third kappa shape index (κ3) is 4.64. The Balaban J connectivity index is 1.57. The van der Waals surface area contributed by atoms with E-state index in [9.17, 15) is 10.1 Å². The zero-order chi connectivity index (χ0) is 17.6. The minimum absolute atomic E-state index is 0.0480. The molecule has 1 aromatic heterocycles. The normalized spacial score (nSPS) is 15.6. The maximum atomic E-state index is 11.3. The van der Waals surface area contributed by atoms with Crippen LogP contribution < -0.4 is 4.90 Å². The lowest BCUT2D eigenvalue weighted by Crippen LogP contribution is -2.46. The first kappa shape index (κ1) is 17.6. The molecule has 6 nitrogen and oxygen atoms in total. The summed E-state index contributed by atoms with van der Waals surface area (Å²) in [5.41, 5.74) is 1.24. The molecule has 3 rings (SSSR count). The van der Waals surface area contributed by atoms with Gasteiger partial charge < -0.3 is 4.90 Å². The van der Waals surface area contributed by atoms with Gasteiger partial charge >= 0.3 is 5.69 Å². The molecule has 0 N–H and O–H groups in total. The van der Waals surface area contributed by atoms with E-state index in [2.05, 4.69) is 50.1 Å². The highest BCUT2D eigenvalue weighted by atomic mass is 79.9. The van der Waals surface area contributed by atoms with Gasteiger partial charge in [-0.05, 0) is 21.5 Å². The second-order valence-corrected chi connectivity index (χ2v) is 6.77. The lowest BCUT2D eigenvalue weighted by atomic mass is 10.2. The largest absolute Gasteiger partial charge is 0.348 e. The molecule has 0 atom stereocenters. The molecule has 1 saturated heterocycles. The van der Waals surface area contributed by atoms with Gasteiger partial charge in [-0.3, -0.25) is 15.0 Å². The Morgan fingerprint density at radius 2 is 1.92 bits per heavy atom. The first-order valence-electron chi connectivity index (χ1n) is 8.12. The van der Waals surface area contributed by atoms with Crippen molar-refractivity contribution in [3.05, 3.63) is 68.8 Å². The maximum Gasteiger partial charge on any atom is 0.312 e. The summed E-state index contributed by atoms with van der Waals surface area (Å²) in [6.07, 6.45) is 5.89. The van der Waals surface area contributed by atoms with Gasteiger partial charge in [-0.2, -0.15) is 0 Å². The Hall–Kier alpha value is -2.25. The van der Waals surface area contributed by atoms with Crippen molar-refractivity contribution in [2.75, 3.05) is 37.6 Å². The fourth-order valence-corrected chi connectivity index (χ4v) is 3.16. The Kier molecular flexibility index (Phi) is 5.78. The number of pyridine rings is 1. The summed E-state index contributed by atoms with van der Waals surface area (Å²) < 4.78 is 0.618. The van der Waals surface area contributed by atoms with E-state index in [1.165, 1.54) is 11.6 Å². The van der Waals surface area contributed by atoms with E-state index in [0.29, 0.717) is 10.3 Å². The SMILES string of the molecule is O=[N+]([O-])c1cc(Br)cnc1N1CCN(C/C=C/c2ccccc2)CC1. The van der Waals surface area contributed by atoms with Gasteiger partial charge in [0.2, 0.25) is 5.82 Å². The lowest BCUT2D eigenvalue weighted by molar-refractivity contribution is -0.384. The molecule has 0 radical (unpaired) electrons. The molecule has 7 heteroatoms. The number of nitro groups is 1. The summed E-state index contributed by atoms with van der Waals surface area (Å²) in [6, 6.07) is 11.7. The van der Waals surface area contributed by atoms with Crippen LogP contribution in [0.15, 0.2) is 53.1 Å². The predicted molar refractivity (Wildman–Crippen MR) is 103 cm³/mol. The van der Waals surface area contributed by atoms with E-state index in [-0.39, 0.29) is 10.6 Å². The molecule has 2 aromatic rings. The molecule has 1 aliphatic heterocycles. The Bertz CT molecular complexity index is 759. The molecule has 1 aromatic carbocycles. The number of piperazine rings is 1. The van der Waals surface area contributed by atoms with Crippen LogP contribution in [-0.2, 0) is 0 Å². The number of hydrogen-bond acceptors (Lipinski definition) is 5. The smallest absolute Gasteiger partial charge is 0.312 e. The van der Waals surface area contributed by atoms with Crippen LogP contribution in [0.3, 0.4) is 0 Å². The lowest BCUT2D eigenvalue weighted by Gasteiger charge is -2.34. The molecule has 2 heterocycles. The molecule has 0 unspecified atom stereocenters. The molecule has 1 fully saturated rings. The third-order valence-corrected chi connectivity index (χ3v) is 4.59. The van der Waals surface area contributed by atoms with E-state index < -0.39 is 0 Å². The van der Waals surface area contributed by atoms with Gasteiger partial charge in [0.25, 0.3) is 0 Å². The van der Waals surface area contributed by atoms with Crippen molar-refractivity contribution < 1.29 is 4.92 Å². The van der Waals surface area contributed by atoms with Crippen LogP contribution in [0.25, 0.3) is 6.08 Å². The minimum atomic E-state index is -0.373. The fourth-order valence-electron chi connectivity index (χ4n) is 2.84. The standard InChI is InChI=1S/C18H19BrN4O2/c19-16-13-17(23(24)25)18(20-14-16)22-11-9-21(10-12-22)8-4-7-15-5-2-1-3-6-15/h1-7,13-14H,8-12H2/b7-4+. The topological polar surface area (TPSA) is 62.5 Å². The fraction of sp³-hybridized carbons (Fsp3) is 0.278. The molecule has 0 amide bonds. The second-order valence-electron chi connectivity index (χ2n) is 5.85. The van der Waals surface area contributed by atoms with Crippen LogP contribution in [0.2, 0.25) is 0 Å². The molecule has 0 saturated carbocycles. The summed E-state index contributed by atoms with van der Waals surface area (Å²) in [5.74, 6) is 0.452. The summed E-state index contributed by atoms with van der Waals surface area (Å²) in [7, 11) is 0. The Morgan fingerprint density at radius 3 is 2.60 bits per heavy atom. The Labute approximate surface area is 155 Å². The van der Waals surface area contributed by atoms with Crippen molar-refractivity contribution in [3.8, 4) is 0 Å². The van der Waals surface area contributed by atoms with E-state index >= 15 is 0 Å². The van der Waals surface area contributed by atoms with Crippen molar-refractivity contribution in [3.63, 3.8) is 0 Å². The van der Waals surface area contributed by atoms with Gasteiger partial charge in [-0.25, -0.2) is 4.98 Å². The molecule has 0 spiro atoms. The van der Waals surface area contributed by atoms with E-state index in [4.69, 9.17) is 0 Å². The number of hydrogen-bond donors (Lipinski definition) is 0. The number of benzene rings is 1. The second kappa shape index (κ2) is 8.22. The average molecular weight is 403 g/mol. The van der Waals surface area contributed by atoms with Crippen molar-refractivity contribution in [1.29, 1.82) is 0 Å². The van der Waals surface area contributed by atoms with Gasteiger partial charge in [0.05, 0.1) is 4.92 Å². The van der Waals surface area contributed by atoms with Gasteiger partial charge in [-0.1, -0.05) is 42.5 Å². The highest BCUT2D eigenvalue weighted by molar-refractivity contribution is 9.10. The maximum absolute atomic E-state index is 11.3. The van der Waals surface area contributed by atoms with Gasteiger partial charge in [0, 0.05) is 49.5 Å². The predicted octanol–water partition coefficient (Wildman–Crippen LogP) is 3.59. The van der Waals surface area contributed by atoms with Crippen LogP contribution >= 0.6 is 15.9 Å². The zero-order valence-electron chi connectivity index (χ0n) is 13.7. The van der Waals surface area contributed by atoms with E-state index in [0.717, 1.165) is 32.7 Å². The number of anilines is 1. The molecule has 25 heavy (non-hydrogen) atoms. The average Bonchev–Trinajstić information content (AvgIpc) is 2.63. The first-order valence-corrected chi connectivity index (χ1v) is 8.91. The molecule has 130 valence electrons. The summed E-state index contributed by atoms with van der Waals surface area (Å²) >= 11 is 3.24. The molecule has 1 aliphatic rings. The molecular weight excluding hydrogens is 384 g/mol. The van der Waals surface area contributed by atoms with Crippen LogP contribution in [-0.4, -0.2) is 47.5 Å². The highest BCUT2D eigenvalue weighted by Crippen LogP contribution is 2.29. The highest BCUT2D eigenvalue weighted by Gasteiger charge is 2.24. The number of rotatable bonds is 5. The van der Waals surface area contributed by atoms with Crippen LogP contribution in [0.5, 0.6) is 0 Å². The number of aromatic nitrogens is 1. The monoisotopic (exact) mass is 402 g/mol. The van der Waals surface area contributed by atoms with Crippen LogP contribution in [0, 0.1) is 10.1 Å². The van der Waals surface area contributed by atoms with Crippen molar-refractivity contribution >= 4 is 33.5 Å². The summed E-state index contributed by atoms with van der Waals surface area (Å²) in [5, 5.41) is 11.3. The summed E-state index contributed by atoms with van der Waals surface area (Å²) in [4.78, 5) is 19.5. The van der Waals surface area contributed by atoms with Gasteiger partial charge in [0.1, 0.15) is 0 Å². The zero-order valence-corrected chi connectivity index (χ0v) is 15.3. The van der Waals surface area contributed by atoms with Crippen molar-refractivity contribution in [2.24, 2.45) is 0 Å². The Morgan fingerprint density at radius 1 is 1.20 bits per heavy atom. The third-order valence-electron chi connectivity index (χ3n) is 4.16. The minimum Gasteiger partial charge on any atom is -0.348 e. The number of halogens is 1. The van der Waals surface area contributed by atoms with Gasteiger partial charge in [-0.15, -0.1) is 0 Å². The van der Waals surface area contributed by atoms with E-state index in [1.54, 1.807) is 6.20 Å². The van der Waals surface area contributed by atoms with Crippen LogP contribution in [0.1, 0.15) is 5.56 Å². The quantitative estimate of drug-likeness (QED) is 0.564. The molecular formula is C18H19BrN4O2. The van der Waals surface area contributed by atoms with E-state index in [1.807, 2.05) is 23.1 Å². The number of nitrogens with zero attached hydrogens (tertiary/aromatic N) is 4. The first-order chi connectivity index (χ1) is 12.1. The van der Waals surface area contributed by atoms with Gasteiger partial charge in [0.15, 0.2) is 0 Å². The van der Waals surface area contributed by atoms with Crippen molar-refractivity contribution in [1.82, 2.24) is 9.88 Å². The molecule has 0 aliphatic carbocycles. The van der Waals surface area contributed by atoms with Crippen molar-refractivity contribution in [2.45, 2.75) is 0 Å².